The van der Waals surface area contributed by atoms with Crippen molar-refractivity contribution in [3.05, 3.63) is 30.1 Å². The van der Waals surface area contributed by atoms with Crippen LogP contribution in [0.1, 0.15) is 33.1 Å². The van der Waals surface area contributed by atoms with Gasteiger partial charge in [0.2, 0.25) is 5.91 Å². The minimum Gasteiger partial charge on any atom is -0.369 e. The van der Waals surface area contributed by atoms with Crippen LogP contribution < -0.4 is 11.1 Å². The Bertz CT molecular complexity index is 477. The molecule has 3 nitrogen and oxygen atoms in total. The molecule has 1 amide bonds. The van der Waals surface area contributed by atoms with E-state index in [2.05, 4.69) is 19.2 Å². The first-order chi connectivity index (χ1) is 8.94. The third kappa shape index (κ3) is 2.72. The normalized spacial score (nSPS) is 30.9. The Hall–Kier alpha value is -1.58. The Morgan fingerprint density at radius 1 is 1.37 bits per heavy atom. The van der Waals surface area contributed by atoms with Gasteiger partial charge in [0, 0.05) is 0 Å². The number of nitrogens with two attached hydrogens (primary N) is 1. The number of hydrogen-bond acceptors (Lipinski definition) is 2. The molecule has 1 aliphatic rings. The van der Waals surface area contributed by atoms with E-state index in [0.717, 1.165) is 6.42 Å². The molecule has 0 aliphatic heterocycles. The van der Waals surface area contributed by atoms with Crippen LogP contribution in [0.4, 0.5) is 10.1 Å². The van der Waals surface area contributed by atoms with Crippen LogP contribution in [0.15, 0.2) is 24.3 Å². The Morgan fingerprint density at radius 3 is 2.63 bits per heavy atom. The van der Waals surface area contributed by atoms with Gasteiger partial charge in [-0.1, -0.05) is 26.0 Å². The van der Waals surface area contributed by atoms with Gasteiger partial charge in [0.1, 0.15) is 11.4 Å². The lowest BCUT2D eigenvalue weighted by atomic mass is 9.70. The molecule has 0 heterocycles. The second-order valence-corrected chi connectivity index (χ2v) is 5.75. The predicted molar refractivity (Wildman–Crippen MR) is 74.1 cm³/mol. The number of nitrogens with one attached hydrogen (secondary N) is 1. The topological polar surface area (TPSA) is 55.1 Å². The first-order valence-electron chi connectivity index (χ1n) is 6.77. The number of benzene rings is 1. The van der Waals surface area contributed by atoms with E-state index in [1.54, 1.807) is 18.2 Å². The maximum Gasteiger partial charge on any atom is 0.243 e. The van der Waals surface area contributed by atoms with Crippen molar-refractivity contribution in [1.82, 2.24) is 0 Å². The van der Waals surface area contributed by atoms with Gasteiger partial charge in [-0.05, 0) is 43.2 Å². The molecule has 104 valence electrons. The van der Waals surface area contributed by atoms with E-state index in [9.17, 15) is 9.18 Å². The second kappa shape index (κ2) is 5.19. The standard InChI is InChI=1S/C15H21FN2O/c1-10-7-8-15(14(17)19,9-11(10)2)18-13-6-4-3-5-12(13)16/h3-6,10-11,18H,7-9H2,1-2H3,(H2,17,19). The van der Waals surface area contributed by atoms with Crippen LogP contribution in [-0.4, -0.2) is 11.4 Å². The number of carbonyl (C=O) groups is 1. The fourth-order valence-electron chi connectivity index (χ4n) is 2.83. The highest BCUT2D eigenvalue weighted by molar-refractivity contribution is 5.88. The van der Waals surface area contributed by atoms with Crippen molar-refractivity contribution in [2.45, 2.75) is 38.6 Å². The molecule has 19 heavy (non-hydrogen) atoms. The molecule has 1 aromatic carbocycles. The van der Waals surface area contributed by atoms with Crippen LogP contribution in [0, 0.1) is 17.7 Å². The highest BCUT2D eigenvalue weighted by atomic mass is 19.1. The van der Waals surface area contributed by atoms with Crippen LogP contribution in [-0.2, 0) is 4.79 Å². The van der Waals surface area contributed by atoms with E-state index in [4.69, 9.17) is 5.73 Å². The SMILES string of the molecule is CC1CCC(Nc2ccccc2F)(C(N)=O)CC1C. The second-order valence-electron chi connectivity index (χ2n) is 5.75. The lowest BCUT2D eigenvalue weighted by Gasteiger charge is -2.41. The fraction of sp³-hybridized carbons (Fsp3) is 0.533. The number of para-hydroxylation sites is 1. The van der Waals surface area contributed by atoms with Gasteiger partial charge in [-0.3, -0.25) is 4.79 Å². The Labute approximate surface area is 113 Å². The molecule has 1 aromatic rings. The first kappa shape index (κ1) is 13.8. The van der Waals surface area contributed by atoms with E-state index in [-0.39, 0.29) is 5.82 Å². The zero-order valence-corrected chi connectivity index (χ0v) is 11.4. The van der Waals surface area contributed by atoms with Crippen LogP contribution in [0.25, 0.3) is 0 Å². The predicted octanol–water partition coefficient (Wildman–Crippen LogP) is 2.92. The van der Waals surface area contributed by atoms with Crippen molar-refractivity contribution in [2.24, 2.45) is 17.6 Å². The number of halogens is 1. The van der Waals surface area contributed by atoms with Crippen LogP contribution in [0.5, 0.6) is 0 Å². The maximum atomic E-state index is 13.7. The smallest absolute Gasteiger partial charge is 0.243 e. The van der Waals surface area contributed by atoms with Crippen molar-refractivity contribution in [2.75, 3.05) is 5.32 Å². The average Bonchev–Trinajstić information content (AvgIpc) is 2.36. The molecule has 1 saturated carbocycles. The van der Waals surface area contributed by atoms with Crippen molar-refractivity contribution in [3.63, 3.8) is 0 Å². The van der Waals surface area contributed by atoms with Crippen LogP contribution >= 0.6 is 0 Å². The third-order valence-corrected chi connectivity index (χ3v) is 4.39. The third-order valence-electron chi connectivity index (χ3n) is 4.39. The molecule has 2 rings (SSSR count). The lowest BCUT2D eigenvalue weighted by Crippen LogP contribution is -2.54. The van der Waals surface area contributed by atoms with Crippen molar-refractivity contribution < 1.29 is 9.18 Å². The Morgan fingerprint density at radius 2 is 2.05 bits per heavy atom. The molecule has 0 radical (unpaired) electrons. The summed E-state index contributed by atoms with van der Waals surface area (Å²) in [7, 11) is 0. The summed E-state index contributed by atoms with van der Waals surface area (Å²) in [5.41, 5.74) is 5.11. The monoisotopic (exact) mass is 264 g/mol. The van der Waals surface area contributed by atoms with E-state index in [1.807, 2.05) is 0 Å². The number of hydrogen-bond donors (Lipinski definition) is 2. The molecular formula is C15H21FN2O. The quantitative estimate of drug-likeness (QED) is 0.882. The van der Waals surface area contributed by atoms with Crippen molar-refractivity contribution in [1.29, 1.82) is 0 Å². The molecule has 3 atom stereocenters. The highest BCUT2D eigenvalue weighted by Crippen LogP contribution is 2.38. The van der Waals surface area contributed by atoms with Gasteiger partial charge < -0.3 is 11.1 Å². The summed E-state index contributed by atoms with van der Waals surface area (Å²) in [6, 6.07) is 6.40. The first-order valence-corrected chi connectivity index (χ1v) is 6.77. The van der Waals surface area contributed by atoms with E-state index >= 15 is 0 Å². The summed E-state index contributed by atoms with van der Waals surface area (Å²) in [5, 5.41) is 3.06. The van der Waals surface area contributed by atoms with Gasteiger partial charge in [-0.25, -0.2) is 4.39 Å². The minimum atomic E-state index is -0.825. The summed E-state index contributed by atoms with van der Waals surface area (Å²) in [5.74, 6) is 0.208. The molecule has 1 aliphatic carbocycles. The van der Waals surface area contributed by atoms with Crippen molar-refractivity contribution in [3.8, 4) is 0 Å². The molecule has 0 aromatic heterocycles. The fourth-order valence-corrected chi connectivity index (χ4v) is 2.83. The van der Waals surface area contributed by atoms with Gasteiger partial charge in [0.15, 0.2) is 0 Å². The molecule has 0 saturated heterocycles. The van der Waals surface area contributed by atoms with Crippen LogP contribution in [0.2, 0.25) is 0 Å². The van der Waals surface area contributed by atoms with Gasteiger partial charge in [0.05, 0.1) is 5.69 Å². The number of rotatable bonds is 3. The zero-order chi connectivity index (χ0) is 14.0. The molecule has 3 N–H and O–H groups in total. The van der Waals surface area contributed by atoms with Crippen LogP contribution in [0.3, 0.4) is 0 Å². The Kier molecular flexibility index (Phi) is 3.78. The highest BCUT2D eigenvalue weighted by Gasteiger charge is 2.42. The largest absolute Gasteiger partial charge is 0.369 e. The number of anilines is 1. The zero-order valence-electron chi connectivity index (χ0n) is 11.4. The maximum absolute atomic E-state index is 13.7. The molecule has 0 spiro atoms. The van der Waals surface area contributed by atoms with Gasteiger partial charge >= 0.3 is 0 Å². The minimum absolute atomic E-state index is 0.350. The number of amides is 1. The van der Waals surface area contributed by atoms with Gasteiger partial charge in [-0.15, -0.1) is 0 Å². The Balaban J connectivity index is 2.26. The summed E-state index contributed by atoms with van der Waals surface area (Å²) in [6.07, 6.45) is 2.23. The van der Waals surface area contributed by atoms with E-state index in [0.29, 0.717) is 30.4 Å². The van der Waals surface area contributed by atoms with Crippen molar-refractivity contribution >= 4 is 11.6 Å². The molecule has 0 bridgehead atoms. The van der Waals surface area contributed by atoms with E-state index in [1.165, 1.54) is 6.07 Å². The van der Waals surface area contributed by atoms with Gasteiger partial charge in [0.25, 0.3) is 0 Å². The number of carbonyl (C=O) groups excluding carboxylic acids is 1. The summed E-state index contributed by atoms with van der Waals surface area (Å²) < 4.78 is 13.7. The molecule has 1 fully saturated rings. The van der Waals surface area contributed by atoms with Gasteiger partial charge in [-0.2, -0.15) is 0 Å². The number of primary amides is 1. The average molecular weight is 264 g/mol. The summed E-state index contributed by atoms with van der Waals surface area (Å²) in [4.78, 5) is 11.9. The molecule has 3 unspecified atom stereocenters. The summed E-state index contributed by atoms with van der Waals surface area (Å²) in [6.45, 7) is 4.29. The summed E-state index contributed by atoms with van der Waals surface area (Å²) >= 11 is 0. The molecular weight excluding hydrogens is 243 g/mol. The van der Waals surface area contributed by atoms with E-state index < -0.39 is 11.4 Å². The molecule has 4 heteroatoms. The lowest BCUT2D eigenvalue weighted by molar-refractivity contribution is -0.124.